The minimum absolute atomic E-state index is 0.108. The molecular formula is C9H13NO2S. The van der Waals surface area contributed by atoms with Gasteiger partial charge in [0, 0.05) is 4.88 Å². The third kappa shape index (κ3) is 2.81. The van der Waals surface area contributed by atoms with Gasteiger partial charge in [0.15, 0.2) is 5.69 Å². The third-order valence-corrected chi connectivity index (χ3v) is 2.37. The molecule has 0 amide bonds. The molecule has 1 aromatic rings. The van der Waals surface area contributed by atoms with E-state index in [0.717, 1.165) is 11.3 Å². The smallest absolute Gasteiger partial charge is 0.355 e. The highest BCUT2D eigenvalue weighted by Gasteiger charge is 2.19. The van der Waals surface area contributed by atoms with Gasteiger partial charge < -0.3 is 5.11 Å². The van der Waals surface area contributed by atoms with Gasteiger partial charge in [0.25, 0.3) is 0 Å². The Morgan fingerprint density at radius 3 is 2.69 bits per heavy atom. The van der Waals surface area contributed by atoms with Crippen LogP contribution in [0.3, 0.4) is 0 Å². The molecule has 0 fully saturated rings. The van der Waals surface area contributed by atoms with Crippen molar-refractivity contribution in [3.8, 4) is 0 Å². The number of aromatic nitrogens is 1. The van der Waals surface area contributed by atoms with E-state index >= 15 is 0 Å². The van der Waals surface area contributed by atoms with Crippen LogP contribution in [-0.2, 0) is 6.42 Å². The Morgan fingerprint density at radius 2 is 2.23 bits per heavy atom. The van der Waals surface area contributed by atoms with E-state index in [0.29, 0.717) is 0 Å². The van der Waals surface area contributed by atoms with Gasteiger partial charge in [0.2, 0.25) is 0 Å². The number of hydrogen-bond donors (Lipinski definition) is 1. The van der Waals surface area contributed by atoms with Gasteiger partial charge in [0.1, 0.15) is 0 Å². The lowest BCUT2D eigenvalue weighted by molar-refractivity contribution is 0.0690. The fourth-order valence-electron chi connectivity index (χ4n) is 1.05. The molecule has 0 aliphatic carbocycles. The van der Waals surface area contributed by atoms with Gasteiger partial charge in [-0.2, -0.15) is 0 Å². The van der Waals surface area contributed by atoms with Crippen molar-refractivity contribution in [2.75, 3.05) is 0 Å². The van der Waals surface area contributed by atoms with Crippen LogP contribution in [0.1, 0.15) is 36.1 Å². The van der Waals surface area contributed by atoms with Crippen LogP contribution in [0.4, 0.5) is 0 Å². The normalized spacial score (nSPS) is 11.6. The molecule has 1 N–H and O–H groups in total. The van der Waals surface area contributed by atoms with E-state index in [1.807, 2.05) is 0 Å². The van der Waals surface area contributed by atoms with Crippen molar-refractivity contribution in [3.63, 3.8) is 0 Å². The topological polar surface area (TPSA) is 50.2 Å². The number of carboxylic acids is 1. The van der Waals surface area contributed by atoms with E-state index in [9.17, 15) is 4.79 Å². The maximum atomic E-state index is 10.7. The summed E-state index contributed by atoms with van der Waals surface area (Å²) in [6, 6.07) is 0. The van der Waals surface area contributed by atoms with E-state index in [2.05, 4.69) is 25.8 Å². The molecule has 0 bridgehead atoms. The number of aromatic carboxylic acids is 1. The first-order valence-electron chi connectivity index (χ1n) is 4.06. The lowest BCUT2D eigenvalue weighted by atomic mass is 9.91. The molecule has 1 rings (SSSR count). The second-order valence-electron chi connectivity index (χ2n) is 4.17. The summed E-state index contributed by atoms with van der Waals surface area (Å²) in [7, 11) is 0. The minimum Gasteiger partial charge on any atom is -0.476 e. The second-order valence-corrected chi connectivity index (χ2v) is 5.11. The Labute approximate surface area is 81.4 Å². The number of nitrogens with zero attached hydrogens (tertiary/aromatic N) is 1. The molecule has 1 heterocycles. The summed E-state index contributed by atoms with van der Waals surface area (Å²) in [6.45, 7) is 6.25. The molecule has 0 unspecified atom stereocenters. The lowest BCUT2D eigenvalue weighted by Gasteiger charge is -2.16. The van der Waals surface area contributed by atoms with Gasteiger partial charge in [0.05, 0.1) is 5.51 Å². The van der Waals surface area contributed by atoms with E-state index < -0.39 is 5.97 Å². The van der Waals surface area contributed by atoms with Crippen molar-refractivity contribution >= 4 is 17.3 Å². The molecule has 72 valence electrons. The number of carboxylic acid groups (broad SMARTS) is 1. The first kappa shape index (κ1) is 10.2. The molecular weight excluding hydrogens is 186 g/mol. The molecule has 0 saturated carbocycles. The molecule has 0 spiro atoms. The first-order valence-corrected chi connectivity index (χ1v) is 4.94. The number of hydrogen-bond acceptors (Lipinski definition) is 3. The highest BCUT2D eigenvalue weighted by molar-refractivity contribution is 7.09. The van der Waals surface area contributed by atoms with Crippen LogP contribution in [0.25, 0.3) is 0 Å². The number of rotatable bonds is 2. The summed E-state index contributed by atoms with van der Waals surface area (Å²) < 4.78 is 0. The van der Waals surface area contributed by atoms with Crippen molar-refractivity contribution in [2.45, 2.75) is 27.2 Å². The number of thiazole rings is 1. The molecule has 13 heavy (non-hydrogen) atoms. The zero-order chi connectivity index (χ0) is 10.1. The monoisotopic (exact) mass is 199 g/mol. The largest absolute Gasteiger partial charge is 0.476 e. The van der Waals surface area contributed by atoms with Crippen molar-refractivity contribution in [2.24, 2.45) is 5.41 Å². The predicted octanol–water partition coefficient (Wildman–Crippen LogP) is 2.43. The Balaban J connectivity index is 2.89. The predicted molar refractivity (Wildman–Crippen MR) is 52.2 cm³/mol. The molecule has 3 nitrogen and oxygen atoms in total. The molecule has 0 aliphatic rings. The van der Waals surface area contributed by atoms with Crippen LogP contribution in [0.15, 0.2) is 5.51 Å². The lowest BCUT2D eigenvalue weighted by Crippen LogP contribution is -2.11. The van der Waals surface area contributed by atoms with Crippen LogP contribution in [0.5, 0.6) is 0 Å². The van der Waals surface area contributed by atoms with Crippen LogP contribution < -0.4 is 0 Å². The SMILES string of the molecule is CC(C)(C)Cc1scnc1C(=O)O. The maximum absolute atomic E-state index is 10.7. The van der Waals surface area contributed by atoms with Gasteiger partial charge in [-0.15, -0.1) is 11.3 Å². The van der Waals surface area contributed by atoms with Gasteiger partial charge in [-0.05, 0) is 11.8 Å². The Hall–Kier alpha value is -0.900. The highest BCUT2D eigenvalue weighted by atomic mass is 32.1. The first-order chi connectivity index (χ1) is 5.90. The molecule has 0 aliphatic heterocycles. The quantitative estimate of drug-likeness (QED) is 0.795. The average Bonchev–Trinajstić information content (AvgIpc) is 2.31. The fourth-order valence-corrected chi connectivity index (χ4v) is 2.11. The van der Waals surface area contributed by atoms with Gasteiger partial charge in [-0.25, -0.2) is 9.78 Å². The van der Waals surface area contributed by atoms with Gasteiger partial charge >= 0.3 is 5.97 Å². The van der Waals surface area contributed by atoms with Crippen LogP contribution >= 0.6 is 11.3 Å². The van der Waals surface area contributed by atoms with Crippen LogP contribution in [0, 0.1) is 5.41 Å². The van der Waals surface area contributed by atoms with Gasteiger partial charge in [-0.1, -0.05) is 20.8 Å². The summed E-state index contributed by atoms with van der Waals surface area (Å²) >= 11 is 1.41. The zero-order valence-corrected chi connectivity index (χ0v) is 8.81. The van der Waals surface area contributed by atoms with Crippen molar-refractivity contribution in [3.05, 3.63) is 16.1 Å². The second kappa shape index (κ2) is 3.46. The number of carbonyl (C=O) groups is 1. The summed E-state index contributed by atoms with van der Waals surface area (Å²) in [5, 5.41) is 8.80. The Bertz CT molecular complexity index is 312. The third-order valence-electron chi connectivity index (χ3n) is 1.53. The molecule has 0 radical (unpaired) electrons. The standard InChI is InChI=1S/C9H13NO2S/c1-9(2,3)4-6-7(8(11)12)10-5-13-6/h5H,4H2,1-3H3,(H,11,12). The van der Waals surface area contributed by atoms with Crippen molar-refractivity contribution in [1.82, 2.24) is 4.98 Å². The van der Waals surface area contributed by atoms with Crippen LogP contribution in [0.2, 0.25) is 0 Å². The fraction of sp³-hybridized carbons (Fsp3) is 0.556. The molecule has 0 atom stereocenters. The van der Waals surface area contributed by atoms with Crippen LogP contribution in [-0.4, -0.2) is 16.1 Å². The Morgan fingerprint density at radius 1 is 1.62 bits per heavy atom. The average molecular weight is 199 g/mol. The van der Waals surface area contributed by atoms with E-state index in [1.165, 1.54) is 11.3 Å². The molecule has 0 aromatic carbocycles. The molecule has 1 aromatic heterocycles. The van der Waals surface area contributed by atoms with Gasteiger partial charge in [-0.3, -0.25) is 0 Å². The summed E-state index contributed by atoms with van der Waals surface area (Å²) in [6.07, 6.45) is 0.763. The molecule has 4 heteroatoms. The van der Waals surface area contributed by atoms with E-state index in [4.69, 9.17) is 5.11 Å². The van der Waals surface area contributed by atoms with E-state index in [1.54, 1.807) is 5.51 Å². The summed E-state index contributed by atoms with van der Waals surface area (Å²) in [4.78, 5) is 15.4. The molecule has 0 saturated heterocycles. The minimum atomic E-state index is -0.930. The Kier molecular flexibility index (Phi) is 2.71. The highest BCUT2D eigenvalue weighted by Crippen LogP contribution is 2.25. The van der Waals surface area contributed by atoms with Crippen molar-refractivity contribution < 1.29 is 9.90 Å². The zero-order valence-electron chi connectivity index (χ0n) is 8.00. The van der Waals surface area contributed by atoms with Crippen molar-refractivity contribution in [1.29, 1.82) is 0 Å². The summed E-state index contributed by atoms with van der Waals surface area (Å²) in [5.41, 5.74) is 1.90. The summed E-state index contributed by atoms with van der Waals surface area (Å²) in [5.74, 6) is -0.930. The maximum Gasteiger partial charge on any atom is 0.355 e. The van der Waals surface area contributed by atoms with E-state index in [-0.39, 0.29) is 11.1 Å².